The van der Waals surface area contributed by atoms with Crippen LogP contribution in [0, 0.1) is 13.8 Å². The van der Waals surface area contributed by atoms with E-state index in [4.69, 9.17) is 10.5 Å². The fraction of sp³-hybridized carbons (Fsp3) is 0.412. The van der Waals surface area contributed by atoms with Crippen LogP contribution < -0.4 is 15.8 Å². The maximum absolute atomic E-state index is 5.93. The molecule has 0 aliphatic carbocycles. The van der Waals surface area contributed by atoms with Crippen molar-refractivity contribution in [2.24, 2.45) is 10.7 Å². The van der Waals surface area contributed by atoms with Gasteiger partial charge in [-0.25, -0.2) is 4.98 Å². The second-order valence-electron chi connectivity index (χ2n) is 5.57. The minimum atomic E-state index is 0. The van der Waals surface area contributed by atoms with E-state index in [2.05, 4.69) is 15.3 Å². The third-order valence-electron chi connectivity index (χ3n) is 3.12. The number of nitrogens with one attached hydrogen (secondary N) is 1. The molecule has 0 radical (unpaired) electrons. The van der Waals surface area contributed by atoms with Crippen molar-refractivity contribution in [3.05, 3.63) is 39.8 Å². The average molecular weight is 460 g/mol. The molecule has 0 amide bonds. The number of thiazole rings is 1. The van der Waals surface area contributed by atoms with Gasteiger partial charge in [-0.3, -0.25) is 4.99 Å². The van der Waals surface area contributed by atoms with Crippen LogP contribution in [0.15, 0.2) is 29.3 Å². The molecule has 0 saturated carbocycles. The fourth-order valence-electron chi connectivity index (χ4n) is 2.16. The maximum Gasteiger partial charge on any atom is 0.193 e. The zero-order valence-corrected chi connectivity index (χ0v) is 17.6. The van der Waals surface area contributed by atoms with Gasteiger partial charge in [-0.15, -0.1) is 35.3 Å². The first-order valence-corrected chi connectivity index (χ1v) is 8.52. The zero-order chi connectivity index (χ0) is 16.8. The van der Waals surface area contributed by atoms with Gasteiger partial charge in [-0.05, 0) is 52.0 Å². The van der Waals surface area contributed by atoms with Gasteiger partial charge in [0.15, 0.2) is 5.96 Å². The number of guanidine groups is 1. The normalized spacial score (nSPS) is 11.3. The molecule has 3 N–H and O–H groups in total. The van der Waals surface area contributed by atoms with Crippen LogP contribution in [0.3, 0.4) is 0 Å². The Balaban J connectivity index is 0.00000288. The fourth-order valence-corrected chi connectivity index (χ4v) is 3.09. The van der Waals surface area contributed by atoms with Gasteiger partial charge >= 0.3 is 0 Å². The summed E-state index contributed by atoms with van der Waals surface area (Å²) in [5.41, 5.74) is 7.92. The largest absolute Gasteiger partial charge is 0.491 e. The van der Waals surface area contributed by atoms with E-state index < -0.39 is 0 Å². The molecule has 0 aliphatic rings. The molecule has 7 heteroatoms. The lowest BCUT2D eigenvalue weighted by atomic mass is 10.3. The van der Waals surface area contributed by atoms with Crippen LogP contribution in [0.4, 0.5) is 5.69 Å². The molecule has 2 rings (SSSR count). The number of hydrogen-bond acceptors (Lipinski definition) is 4. The van der Waals surface area contributed by atoms with E-state index in [0.29, 0.717) is 12.5 Å². The molecule has 0 bridgehead atoms. The van der Waals surface area contributed by atoms with E-state index in [9.17, 15) is 0 Å². The Bertz CT molecular complexity index is 668. The second kappa shape index (κ2) is 9.83. The van der Waals surface area contributed by atoms with Crippen LogP contribution in [-0.2, 0) is 6.42 Å². The van der Waals surface area contributed by atoms with Crippen LogP contribution in [0.1, 0.15) is 29.4 Å². The number of nitrogens with zero attached hydrogens (tertiary/aromatic N) is 2. The standard InChI is InChI=1S/C17H24N4OS.HI/c1-11(2)22-15-7-5-14(6-8-15)21-17(18)19-10-9-16-12(3)20-13(4)23-16;/h5-8,11H,9-10H2,1-4H3,(H3,18,19,21);1H. The highest BCUT2D eigenvalue weighted by Gasteiger charge is 2.04. The van der Waals surface area contributed by atoms with E-state index in [-0.39, 0.29) is 30.1 Å². The van der Waals surface area contributed by atoms with Crippen molar-refractivity contribution in [3.8, 4) is 5.75 Å². The van der Waals surface area contributed by atoms with Crippen molar-refractivity contribution in [3.63, 3.8) is 0 Å². The highest BCUT2D eigenvalue weighted by atomic mass is 127. The minimum Gasteiger partial charge on any atom is -0.491 e. The van der Waals surface area contributed by atoms with Crippen molar-refractivity contribution in [1.82, 2.24) is 4.98 Å². The van der Waals surface area contributed by atoms with Gasteiger partial charge in [0.1, 0.15) is 5.75 Å². The number of halogens is 1. The highest BCUT2D eigenvalue weighted by molar-refractivity contribution is 14.0. The van der Waals surface area contributed by atoms with Gasteiger partial charge in [-0.2, -0.15) is 0 Å². The van der Waals surface area contributed by atoms with Gasteiger partial charge in [0.05, 0.1) is 16.8 Å². The molecule has 0 saturated heterocycles. The summed E-state index contributed by atoms with van der Waals surface area (Å²) in [4.78, 5) is 10.1. The third-order valence-corrected chi connectivity index (χ3v) is 4.25. The molecular formula is C17H25IN4OS. The quantitative estimate of drug-likeness (QED) is 0.386. The van der Waals surface area contributed by atoms with Crippen molar-refractivity contribution >= 4 is 47.0 Å². The summed E-state index contributed by atoms with van der Waals surface area (Å²) >= 11 is 1.72. The van der Waals surface area contributed by atoms with Crippen LogP contribution in [0.25, 0.3) is 0 Å². The summed E-state index contributed by atoms with van der Waals surface area (Å²) in [6, 6.07) is 7.69. The highest BCUT2D eigenvalue weighted by Crippen LogP contribution is 2.18. The molecule has 132 valence electrons. The molecule has 0 spiro atoms. The Morgan fingerprint density at radius 3 is 2.50 bits per heavy atom. The molecule has 1 aromatic heterocycles. The molecule has 1 heterocycles. The Hall–Kier alpha value is -1.35. The Labute approximate surface area is 164 Å². The SMILES string of the molecule is Cc1nc(C)c(CCN=C(N)Nc2ccc(OC(C)C)cc2)s1.I. The first-order valence-electron chi connectivity index (χ1n) is 7.70. The Kier molecular flexibility index (Phi) is 8.47. The lowest BCUT2D eigenvalue weighted by Crippen LogP contribution is -2.23. The molecular weight excluding hydrogens is 435 g/mol. The van der Waals surface area contributed by atoms with E-state index in [1.54, 1.807) is 11.3 Å². The molecule has 0 fully saturated rings. The number of aromatic nitrogens is 1. The number of rotatable bonds is 6. The average Bonchev–Trinajstić information content (AvgIpc) is 2.79. The van der Waals surface area contributed by atoms with E-state index in [1.165, 1.54) is 4.88 Å². The molecule has 5 nitrogen and oxygen atoms in total. The minimum absolute atomic E-state index is 0. The number of nitrogens with two attached hydrogens (primary N) is 1. The van der Waals surface area contributed by atoms with Crippen LogP contribution in [0.2, 0.25) is 0 Å². The summed E-state index contributed by atoms with van der Waals surface area (Å²) in [6.45, 7) is 8.71. The van der Waals surface area contributed by atoms with Crippen molar-refractivity contribution in [1.29, 1.82) is 0 Å². The molecule has 1 aromatic carbocycles. The summed E-state index contributed by atoms with van der Waals surface area (Å²) in [5.74, 6) is 1.26. The lowest BCUT2D eigenvalue weighted by molar-refractivity contribution is 0.242. The Morgan fingerprint density at radius 1 is 1.29 bits per heavy atom. The summed E-state index contributed by atoms with van der Waals surface area (Å²) in [5, 5.41) is 4.18. The third kappa shape index (κ3) is 6.64. The molecule has 0 atom stereocenters. The van der Waals surface area contributed by atoms with Gasteiger partial charge < -0.3 is 15.8 Å². The number of anilines is 1. The number of hydrogen-bond donors (Lipinski definition) is 2. The van der Waals surface area contributed by atoms with Crippen LogP contribution in [0.5, 0.6) is 5.75 Å². The summed E-state index contributed by atoms with van der Waals surface area (Å²) < 4.78 is 5.61. The number of aliphatic imine (C=N–C) groups is 1. The van der Waals surface area contributed by atoms with Crippen LogP contribution >= 0.6 is 35.3 Å². The van der Waals surface area contributed by atoms with E-state index >= 15 is 0 Å². The summed E-state index contributed by atoms with van der Waals surface area (Å²) in [6.07, 6.45) is 1.03. The van der Waals surface area contributed by atoms with E-state index in [1.807, 2.05) is 52.0 Å². The number of ether oxygens (including phenoxy) is 1. The molecule has 2 aromatic rings. The molecule has 0 aliphatic heterocycles. The van der Waals surface area contributed by atoms with E-state index in [0.717, 1.165) is 28.6 Å². The first-order chi connectivity index (χ1) is 10.9. The van der Waals surface area contributed by atoms with Gasteiger partial charge in [0, 0.05) is 23.5 Å². The number of aryl methyl sites for hydroxylation is 2. The smallest absolute Gasteiger partial charge is 0.193 e. The van der Waals surface area contributed by atoms with Gasteiger partial charge in [0.25, 0.3) is 0 Å². The van der Waals surface area contributed by atoms with Crippen molar-refractivity contribution in [2.45, 2.75) is 40.2 Å². The van der Waals surface area contributed by atoms with Gasteiger partial charge in [0.2, 0.25) is 0 Å². The summed E-state index contributed by atoms with van der Waals surface area (Å²) in [7, 11) is 0. The predicted octanol–water partition coefficient (Wildman–Crippen LogP) is 4.13. The van der Waals surface area contributed by atoms with Gasteiger partial charge in [-0.1, -0.05) is 0 Å². The zero-order valence-electron chi connectivity index (χ0n) is 14.5. The monoisotopic (exact) mass is 460 g/mol. The van der Waals surface area contributed by atoms with Crippen LogP contribution in [-0.4, -0.2) is 23.6 Å². The first kappa shape index (κ1) is 20.7. The molecule has 24 heavy (non-hydrogen) atoms. The lowest BCUT2D eigenvalue weighted by Gasteiger charge is -2.10. The maximum atomic E-state index is 5.93. The second-order valence-corrected chi connectivity index (χ2v) is 6.86. The van der Waals surface area contributed by atoms with Crippen molar-refractivity contribution < 1.29 is 4.74 Å². The number of benzene rings is 1. The molecule has 0 unspecified atom stereocenters. The van der Waals surface area contributed by atoms with Crippen molar-refractivity contribution in [2.75, 3.05) is 11.9 Å². The predicted molar refractivity (Wildman–Crippen MR) is 113 cm³/mol. The Morgan fingerprint density at radius 2 is 1.96 bits per heavy atom. The topological polar surface area (TPSA) is 72.5 Å².